The molecule has 0 aromatic heterocycles. The average Bonchev–Trinajstić information content (AvgIpc) is 2.84. The lowest BCUT2D eigenvalue weighted by Crippen LogP contribution is -2.53. The van der Waals surface area contributed by atoms with Gasteiger partial charge < -0.3 is 20.5 Å². The Balaban J connectivity index is 1.79. The summed E-state index contributed by atoms with van der Waals surface area (Å²) in [6.07, 6.45) is 3.72. The van der Waals surface area contributed by atoms with Gasteiger partial charge in [-0.2, -0.15) is 0 Å². The lowest BCUT2D eigenvalue weighted by atomic mass is 9.81. The molecule has 3 N–H and O–H groups in total. The van der Waals surface area contributed by atoms with Gasteiger partial charge in [-0.15, -0.1) is 0 Å². The molecule has 1 heterocycles. The van der Waals surface area contributed by atoms with Crippen molar-refractivity contribution in [1.29, 1.82) is 0 Å². The quantitative estimate of drug-likeness (QED) is 0.378. The van der Waals surface area contributed by atoms with Crippen molar-refractivity contribution in [3.8, 4) is 0 Å². The maximum atomic E-state index is 12.7. The summed E-state index contributed by atoms with van der Waals surface area (Å²) in [4.78, 5) is 14.8. The minimum Gasteiger partial charge on any atom is -0.462 e. The molecule has 0 bridgehead atoms. The second-order valence-corrected chi connectivity index (χ2v) is 8.53. The Morgan fingerprint density at radius 3 is 2.09 bits per heavy atom. The van der Waals surface area contributed by atoms with Gasteiger partial charge in [-0.3, -0.25) is 0 Å². The number of aryl methyl sites for hydroxylation is 1. The molecule has 3 aromatic carbocycles. The van der Waals surface area contributed by atoms with Crippen molar-refractivity contribution in [2.24, 2.45) is 0 Å². The number of hydrogen-bond donors (Lipinski definition) is 2. The van der Waals surface area contributed by atoms with E-state index in [0.717, 1.165) is 16.9 Å². The van der Waals surface area contributed by atoms with Crippen molar-refractivity contribution < 1.29 is 14.6 Å². The molecule has 0 saturated carbocycles. The Bertz CT molecular complexity index is 1050. The van der Waals surface area contributed by atoms with Crippen LogP contribution in [0.3, 0.4) is 0 Å². The van der Waals surface area contributed by atoms with Crippen LogP contribution in [0.25, 0.3) is 0 Å². The number of nitrogen functional groups attached to an aromatic ring is 1. The zero-order chi connectivity index (χ0) is 23.3. The first kappa shape index (κ1) is 22.6. The molecule has 3 aromatic rings. The van der Waals surface area contributed by atoms with E-state index in [2.05, 4.69) is 4.90 Å². The van der Waals surface area contributed by atoms with Crippen LogP contribution in [0, 0.1) is 0 Å². The molecule has 0 fully saturated rings. The number of anilines is 3. The molecule has 5 nitrogen and oxygen atoms in total. The molecule has 33 heavy (non-hydrogen) atoms. The number of benzene rings is 3. The van der Waals surface area contributed by atoms with Gasteiger partial charge in [0, 0.05) is 23.5 Å². The Kier molecular flexibility index (Phi) is 6.80. The largest absolute Gasteiger partial charge is 0.462 e. The topological polar surface area (TPSA) is 75.8 Å². The number of aliphatic hydroxyl groups is 1. The van der Waals surface area contributed by atoms with Crippen LogP contribution >= 0.6 is 0 Å². The Morgan fingerprint density at radius 2 is 1.55 bits per heavy atom. The summed E-state index contributed by atoms with van der Waals surface area (Å²) in [7, 11) is 0. The molecule has 5 heteroatoms. The van der Waals surface area contributed by atoms with E-state index in [1.54, 1.807) is 6.92 Å². The van der Waals surface area contributed by atoms with Gasteiger partial charge in [0.25, 0.3) is 0 Å². The van der Waals surface area contributed by atoms with Crippen LogP contribution in [0.4, 0.5) is 17.1 Å². The fraction of sp³-hybridized carbons (Fsp3) is 0.250. The predicted octanol–water partition coefficient (Wildman–Crippen LogP) is 5.03. The van der Waals surface area contributed by atoms with E-state index in [1.165, 1.54) is 0 Å². The van der Waals surface area contributed by atoms with Gasteiger partial charge in [0.15, 0.2) is 0 Å². The number of cyclic esters (lactones) is 1. The molecular formula is C28H30N2O3. The summed E-state index contributed by atoms with van der Waals surface area (Å²) in [6.45, 7) is 2.06. The highest BCUT2D eigenvalue weighted by Crippen LogP contribution is 2.38. The van der Waals surface area contributed by atoms with Crippen LogP contribution in [0.1, 0.15) is 25.3 Å². The number of nitrogens with zero attached hydrogens (tertiary/aromatic N) is 1. The Hall–Kier alpha value is -3.57. The highest BCUT2D eigenvalue weighted by Gasteiger charge is 2.44. The number of hydrogen-bond acceptors (Lipinski definition) is 5. The van der Waals surface area contributed by atoms with Crippen molar-refractivity contribution in [1.82, 2.24) is 0 Å². The van der Waals surface area contributed by atoms with Crippen molar-refractivity contribution >= 4 is 23.0 Å². The standard InChI is InChI=1S/C28H30N2O3/c1-28(32,25-13-8-20-33-27(25)31)26(19-16-21-14-17-22(29)18-15-21)30(23-9-4-2-5-10-23)24-11-6-3-7-12-24/h2-7,9-15,17-18,26,32H,8,16,19-20,29H2,1H3. The molecule has 1 aliphatic heterocycles. The minimum atomic E-state index is -1.45. The Labute approximate surface area is 195 Å². The lowest BCUT2D eigenvalue weighted by Gasteiger charge is -2.43. The van der Waals surface area contributed by atoms with E-state index in [1.807, 2.05) is 91.0 Å². The average molecular weight is 443 g/mol. The number of nitrogens with two attached hydrogens (primary N) is 1. The molecule has 1 aliphatic rings. The zero-order valence-corrected chi connectivity index (χ0v) is 18.9. The Morgan fingerprint density at radius 1 is 0.970 bits per heavy atom. The van der Waals surface area contributed by atoms with Crippen LogP contribution in [-0.2, 0) is 16.0 Å². The van der Waals surface area contributed by atoms with Gasteiger partial charge in [-0.25, -0.2) is 4.79 Å². The van der Waals surface area contributed by atoms with Crippen LogP contribution in [-0.4, -0.2) is 29.3 Å². The third-order valence-corrected chi connectivity index (χ3v) is 6.18. The number of ether oxygens (including phenoxy) is 1. The molecule has 0 saturated heterocycles. The number of carbonyl (C=O) groups excluding carboxylic acids is 1. The third kappa shape index (κ3) is 5.10. The van der Waals surface area contributed by atoms with Crippen molar-refractivity contribution in [2.45, 2.75) is 37.8 Å². The molecule has 2 atom stereocenters. The van der Waals surface area contributed by atoms with Crippen LogP contribution < -0.4 is 10.6 Å². The third-order valence-electron chi connectivity index (χ3n) is 6.18. The van der Waals surface area contributed by atoms with Crippen LogP contribution in [0.5, 0.6) is 0 Å². The van der Waals surface area contributed by atoms with E-state index < -0.39 is 17.6 Å². The van der Waals surface area contributed by atoms with Gasteiger partial charge >= 0.3 is 5.97 Å². The summed E-state index contributed by atoms with van der Waals surface area (Å²) in [5.74, 6) is -0.454. The molecular weight excluding hydrogens is 412 g/mol. The number of carbonyl (C=O) groups is 1. The molecule has 170 valence electrons. The molecule has 2 unspecified atom stereocenters. The molecule has 0 aliphatic carbocycles. The maximum absolute atomic E-state index is 12.7. The SMILES string of the molecule is CC(O)(C1=CCCOC1=O)C(CCc1ccc(N)cc1)N(c1ccccc1)c1ccccc1. The minimum absolute atomic E-state index is 0.313. The van der Waals surface area contributed by atoms with Gasteiger partial charge in [-0.1, -0.05) is 54.6 Å². The highest BCUT2D eigenvalue weighted by molar-refractivity contribution is 5.91. The maximum Gasteiger partial charge on any atom is 0.336 e. The van der Waals surface area contributed by atoms with E-state index in [0.29, 0.717) is 37.1 Å². The second kappa shape index (κ2) is 9.92. The number of esters is 1. The molecule has 4 rings (SSSR count). The van der Waals surface area contributed by atoms with Gasteiger partial charge in [0.1, 0.15) is 5.60 Å². The molecule has 0 spiro atoms. The number of para-hydroxylation sites is 2. The van der Waals surface area contributed by atoms with Crippen molar-refractivity contribution in [3.05, 3.63) is 102 Å². The zero-order valence-electron chi connectivity index (χ0n) is 18.9. The first-order valence-electron chi connectivity index (χ1n) is 11.3. The number of rotatable bonds is 8. The van der Waals surface area contributed by atoms with Crippen molar-refractivity contribution in [2.75, 3.05) is 17.2 Å². The van der Waals surface area contributed by atoms with E-state index in [-0.39, 0.29) is 0 Å². The highest BCUT2D eigenvalue weighted by atomic mass is 16.5. The smallest absolute Gasteiger partial charge is 0.336 e. The first-order chi connectivity index (χ1) is 16.0. The van der Waals surface area contributed by atoms with E-state index >= 15 is 0 Å². The first-order valence-corrected chi connectivity index (χ1v) is 11.3. The van der Waals surface area contributed by atoms with Crippen LogP contribution in [0.15, 0.2) is 96.6 Å². The van der Waals surface area contributed by atoms with Crippen molar-refractivity contribution in [3.63, 3.8) is 0 Å². The van der Waals surface area contributed by atoms with Gasteiger partial charge in [0.2, 0.25) is 0 Å². The van der Waals surface area contributed by atoms with E-state index in [4.69, 9.17) is 10.5 Å². The van der Waals surface area contributed by atoms with Gasteiger partial charge in [-0.05, 0) is 61.7 Å². The fourth-order valence-corrected chi connectivity index (χ4v) is 4.44. The van der Waals surface area contributed by atoms with E-state index in [9.17, 15) is 9.90 Å². The fourth-order valence-electron chi connectivity index (χ4n) is 4.44. The summed E-state index contributed by atoms with van der Waals surface area (Å²) >= 11 is 0. The summed E-state index contributed by atoms with van der Waals surface area (Å²) in [6, 6.07) is 27.3. The van der Waals surface area contributed by atoms with Crippen LogP contribution in [0.2, 0.25) is 0 Å². The van der Waals surface area contributed by atoms with Gasteiger partial charge in [0.05, 0.1) is 18.2 Å². The normalized spacial score (nSPS) is 16.3. The predicted molar refractivity (Wildman–Crippen MR) is 132 cm³/mol. The molecule has 0 amide bonds. The molecule has 0 radical (unpaired) electrons. The lowest BCUT2D eigenvalue weighted by molar-refractivity contribution is -0.142. The second-order valence-electron chi connectivity index (χ2n) is 8.53. The summed E-state index contributed by atoms with van der Waals surface area (Å²) in [5.41, 5.74) is 8.44. The summed E-state index contributed by atoms with van der Waals surface area (Å²) in [5, 5.41) is 12.0. The monoisotopic (exact) mass is 442 g/mol. The summed E-state index contributed by atoms with van der Waals surface area (Å²) < 4.78 is 5.29.